The molecule has 1 amide bonds. The van der Waals surface area contributed by atoms with E-state index in [0.717, 1.165) is 34.5 Å². The van der Waals surface area contributed by atoms with E-state index >= 15 is 0 Å². The van der Waals surface area contributed by atoms with Gasteiger partial charge in [0.15, 0.2) is 0 Å². The van der Waals surface area contributed by atoms with Gasteiger partial charge in [0.25, 0.3) is 0 Å². The number of aromatic nitrogens is 3. The number of amides is 1. The molecule has 138 valence electrons. The summed E-state index contributed by atoms with van der Waals surface area (Å²) in [7, 11) is 5.90. The molecular formula is C21H23N5O. The Balaban J connectivity index is 1.73. The molecule has 0 unspecified atom stereocenters. The van der Waals surface area contributed by atoms with Gasteiger partial charge < -0.3 is 10.2 Å². The molecule has 0 saturated carbocycles. The summed E-state index contributed by atoms with van der Waals surface area (Å²) in [4.78, 5) is 18.6. The number of carbonyl (C=O) groups excluding carboxylic acids is 1. The molecule has 6 heteroatoms. The molecule has 0 aliphatic heterocycles. The number of nitrogens with zero attached hydrogens (tertiary/aromatic N) is 4. The predicted octanol–water partition coefficient (Wildman–Crippen LogP) is 3.20. The first kappa shape index (κ1) is 18.5. The van der Waals surface area contributed by atoms with Crippen LogP contribution in [0.15, 0.2) is 61.2 Å². The Kier molecular flexibility index (Phi) is 5.78. The molecule has 1 N–H and O–H groups in total. The van der Waals surface area contributed by atoms with E-state index in [0.29, 0.717) is 0 Å². The van der Waals surface area contributed by atoms with Gasteiger partial charge in [-0.25, -0.2) is 0 Å². The van der Waals surface area contributed by atoms with E-state index < -0.39 is 0 Å². The Morgan fingerprint density at radius 1 is 1.26 bits per heavy atom. The van der Waals surface area contributed by atoms with Crippen LogP contribution in [-0.4, -0.2) is 39.7 Å². The van der Waals surface area contributed by atoms with Gasteiger partial charge >= 0.3 is 0 Å². The summed E-state index contributed by atoms with van der Waals surface area (Å²) in [5.74, 6) is -0.182. The van der Waals surface area contributed by atoms with E-state index in [-0.39, 0.29) is 5.91 Å². The van der Waals surface area contributed by atoms with E-state index in [1.165, 1.54) is 6.08 Å². The van der Waals surface area contributed by atoms with E-state index in [1.54, 1.807) is 29.3 Å². The molecule has 0 aliphatic carbocycles. The van der Waals surface area contributed by atoms with Crippen molar-refractivity contribution < 1.29 is 4.79 Å². The fourth-order valence-electron chi connectivity index (χ4n) is 2.82. The highest BCUT2D eigenvalue weighted by Gasteiger charge is 2.06. The molecule has 1 aromatic carbocycles. The highest BCUT2D eigenvalue weighted by atomic mass is 16.1. The molecule has 6 nitrogen and oxygen atoms in total. The molecule has 0 fully saturated rings. The fraction of sp³-hybridized carbons (Fsp3) is 0.190. The number of carbonyl (C=O) groups is 1. The Morgan fingerprint density at radius 2 is 2.11 bits per heavy atom. The zero-order valence-electron chi connectivity index (χ0n) is 15.8. The standard InChI is InChI=1S/C21H23N5O/c1-25(2)14-16-5-4-6-19(11-16)24-21(27)8-7-17-12-22-10-9-20(17)18-13-23-26(3)15-18/h4-13,15H,14H2,1-3H3,(H,24,27). The molecule has 0 atom stereocenters. The molecule has 2 aromatic heterocycles. The highest BCUT2D eigenvalue weighted by molar-refractivity contribution is 6.02. The minimum absolute atomic E-state index is 0.182. The van der Waals surface area contributed by atoms with Crippen LogP contribution in [0, 0.1) is 0 Å². The second-order valence-corrected chi connectivity index (χ2v) is 6.63. The Labute approximate surface area is 159 Å². The van der Waals surface area contributed by atoms with E-state index in [2.05, 4.69) is 20.3 Å². The van der Waals surface area contributed by atoms with Crippen LogP contribution in [0.3, 0.4) is 0 Å². The third-order valence-electron chi connectivity index (χ3n) is 3.98. The maximum Gasteiger partial charge on any atom is 0.248 e. The lowest BCUT2D eigenvalue weighted by molar-refractivity contribution is -0.111. The molecule has 0 radical (unpaired) electrons. The smallest absolute Gasteiger partial charge is 0.248 e. The zero-order chi connectivity index (χ0) is 19.2. The number of rotatable bonds is 6. The first-order valence-corrected chi connectivity index (χ1v) is 8.67. The minimum Gasteiger partial charge on any atom is -0.323 e. The summed E-state index contributed by atoms with van der Waals surface area (Å²) < 4.78 is 1.75. The molecule has 2 heterocycles. The predicted molar refractivity (Wildman–Crippen MR) is 108 cm³/mol. The Hall–Kier alpha value is -3.25. The number of anilines is 1. The summed E-state index contributed by atoms with van der Waals surface area (Å²) in [5, 5.41) is 7.11. The first-order chi connectivity index (χ1) is 13.0. The van der Waals surface area contributed by atoms with Crippen molar-refractivity contribution in [3.8, 4) is 11.1 Å². The summed E-state index contributed by atoms with van der Waals surface area (Å²) in [6.07, 6.45) is 10.5. The van der Waals surface area contributed by atoms with Gasteiger partial charge in [0.1, 0.15) is 0 Å². The Bertz CT molecular complexity index is 958. The number of hydrogen-bond acceptors (Lipinski definition) is 4. The summed E-state index contributed by atoms with van der Waals surface area (Å²) >= 11 is 0. The quantitative estimate of drug-likeness (QED) is 0.685. The van der Waals surface area contributed by atoms with E-state index in [4.69, 9.17) is 0 Å². The van der Waals surface area contributed by atoms with Crippen LogP contribution in [0.5, 0.6) is 0 Å². The van der Waals surface area contributed by atoms with Crippen molar-refractivity contribution in [1.82, 2.24) is 19.7 Å². The van der Waals surface area contributed by atoms with Crippen LogP contribution < -0.4 is 5.32 Å². The Morgan fingerprint density at radius 3 is 2.85 bits per heavy atom. The van der Waals surface area contributed by atoms with Crippen LogP contribution in [0.2, 0.25) is 0 Å². The van der Waals surface area contributed by atoms with Crippen molar-refractivity contribution in [2.24, 2.45) is 7.05 Å². The maximum absolute atomic E-state index is 12.3. The maximum atomic E-state index is 12.3. The summed E-state index contributed by atoms with van der Waals surface area (Å²) in [5.41, 5.74) is 4.75. The lowest BCUT2D eigenvalue weighted by Crippen LogP contribution is -2.12. The number of hydrogen-bond donors (Lipinski definition) is 1. The largest absolute Gasteiger partial charge is 0.323 e. The molecule has 3 aromatic rings. The van der Waals surface area contributed by atoms with E-state index in [1.807, 2.05) is 57.7 Å². The van der Waals surface area contributed by atoms with Crippen LogP contribution in [0.4, 0.5) is 5.69 Å². The summed E-state index contributed by atoms with van der Waals surface area (Å²) in [6.45, 7) is 0.823. The fourth-order valence-corrected chi connectivity index (χ4v) is 2.82. The van der Waals surface area contributed by atoms with Crippen molar-refractivity contribution in [3.05, 3.63) is 72.3 Å². The van der Waals surface area contributed by atoms with Crippen molar-refractivity contribution in [2.45, 2.75) is 6.54 Å². The van der Waals surface area contributed by atoms with Crippen LogP contribution in [-0.2, 0) is 18.4 Å². The lowest BCUT2D eigenvalue weighted by Gasteiger charge is -2.11. The normalized spacial score (nSPS) is 11.3. The van der Waals surface area contributed by atoms with Gasteiger partial charge in [-0.15, -0.1) is 0 Å². The molecule has 0 spiro atoms. The molecule has 27 heavy (non-hydrogen) atoms. The average Bonchev–Trinajstić information content (AvgIpc) is 3.06. The number of pyridine rings is 1. The van der Waals surface area contributed by atoms with Gasteiger partial charge in [-0.2, -0.15) is 5.10 Å². The van der Waals surface area contributed by atoms with Gasteiger partial charge in [-0.05, 0) is 49.5 Å². The van der Waals surface area contributed by atoms with E-state index in [9.17, 15) is 4.79 Å². The highest BCUT2D eigenvalue weighted by Crippen LogP contribution is 2.23. The van der Waals surface area contributed by atoms with Crippen molar-refractivity contribution in [3.63, 3.8) is 0 Å². The average molecular weight is 361 g/mol. The van der Waals surface area contributed by atoms with Crippen molar-refractivity contribution in [2.75, 3.05) is 19.4 Å². The van der Waals surface area contributed by atoms with Crippen molar-refractivity contribution in [1.29, 1.82) is 0 Å². The van der Waals surface area contributed by atoms with Crippen molar-refractivity contribution >= 4 is 17.7 Å². The zero-order valence-corrected chi connectivity index (χ0v) is 15.8. The molecule has 0 saturated heterocycles. The third kappa shape index (κ3) is 5.12. The molecule has 0 bridgehead atoms. The molecule has 3 rings (SSSR count). The van der Waals surface area contributed by atoms with Gasteiger partial charge in [-0.1, -0.05) is 12.1 Å². The van der Waals surface area contributed by atoms with Gasteiger partial charge in [0.05, 0.1) is 6.20 Å². The minimum atomic E-state index is -0.182. The lowest BCUT2D eigenvalue weighted by atomic mass is 10.0. The molecule has 0 aliphatic rings. The second kappa shape index (κ2) is 8.42. The van der Waals surface area contributed by atoms with Crippen LogP contribution in [0.25, 0.3) is 17.2 Å². The molecular weight excluding hydrogens is 338 g/mol. The second-order valence-electron chi connectivity index (χ2n) is 6.63. The number of benzene rings is 1. The number of aryl methyl sites for hydroxylation is 1. The topological polar surface area (TPSA) is 63.1 Å². The van der Waals surface area contributed by atoms with Crippen LogP contribution >= 0.6 is 0 Å². The van der Waals surface area contributed by atoms with Gasteiger partial charge in [0, 0.05) is 55.1 Å². The number of nitrogens with one attached hydrogen (secondary N) is 1. The van der Waals surface area contributed by atoms with Gasteiger partial charge in [-0.3, -0.25) is 14.5 Å². The SMILES string of the molecule is CN(C)Cc1cccc(NC(=O)C=Cc2cnccc2-c2cnn(C)c2)c1. The van der Waals surface area contributed by atoms with Gasteiger partial charge in [0.2, 0.25) is 5.91 Å². The monoisotopic (exact) mass is 361 g/mol. The first-order valence-electron chi connectivity index (χ1n) is 8.67. The van der Waals surface area contributed by atoms with Crippen LogP contribution in [0.1, 0.15) is 11.1 Å². The summed E-state index contributed by atoms with van der Waals surface area (Å²) in [6, 6.07) is 9.77. The third-order valence-corrected chi connectivity index (χ3v) is 3.98.